The van der Waals surface area contributed by atoms with Crippen molar-refractivity contribution in [2.24, 2.45) is 0 Å². The Hall–Kier alpha value is -1.19. The molecule has 2 rings (SSSR count). The number of aliphatic hydroxyl groups excluding tert-OH is 1. The van der Waals surface area contributed by atoms with Crippen LogP contribution in [0.3, 0.4) is 0 Å². The maximum atomic E-state index is 10.2. The predicted octanol–water partition coefficient (Wildman–Crippen LogP) is 3.15. The van der Waals surface area contributed by atoms with Crippen molar-refractivity contribution >= 4 is 11.3 Å². The Morgan fingerprint density at radius 1 is 1.12 bits per heavy atom. The fourth-order valence-electron chi connectivity index (χ4n) is 1.84. The molecule has 0 aliphatic rings. The summed E-state index contributed by atoms with van der Waals surface area (Å²) in [5.41, 5.74) is 3.30. The Morgan fingerprint density at radius 3 is 2.25 bits per heavy atom. The number of aryl methyl sites for hydroxylation is 3. The van der Waals surface area contributed by atoms with E-state index in [1.807, 2.05) is 32.9 Å². The molecule has 0 amide bonds. The molecule has 2 aromatic rings. The van der Waals surface area contributed by atoms with Crippen molar-refractivity contribution in [2.45, 2.75) is 26.9 Å². The van der Waals surface area contributed by atoms with Crippen LogP contribution in [0, 0.1) is 20.8 Å². The van der Waals surface area contributed by atoms with Gasteiger partial charge in [0.15, 0.2) is 0 Å². The van der Waals surface area contributed by atoms with Crippen molar-refractivity contribution in [3.63, 3.8) is 0 Å². The zero-order chi connectivity index (χ0) is 11.7. The molecule has 1 atom stereocenters. The lowest BCUT2D eigenvalue weighted by molar-refractivity contribution is 0.224. The zero-order valence-corrected chi connectivity index (χ0v) is 10.5. The van der Waals surface area contributed by atoms with Crippen LogP contribution in [0.1, 0.15) is 32.7 Å². The molecule has 16 heavy (non-hydrogen) atoms. The lowest BCUT2D eigenvalue weighted by Gasteiger charge is -2.10. The first-order valence-electron chi connectivity index (χ1n) is 5.25. The van der Waals surface area contributed by atoms with Gasteiger partial charge < -0.3 is 5.11 Å². The molecule has 0 radical (unpaired) electrons. The largest absolute Gasteiger partial charge is 0.383 e. The Labute approximate surface area is 99.6 Å². The third kappa shape index (κ3) is 2.31. The van der Waals surface area contributed by atoms with E-state index in [0.717, 1.165) is 15.4 Å². The van der Waals surface area contributed by atoms with Crippen molar-refractivity contribution < 1.29 is 5.11 Å². The van der Waals surface area contributed by atoms with Gasteiger partial charge in [-0.15, -0.1) is 11.3 Å². The SMILES string of the molecule is Cc1cc(C)cc(C(O)c2cnc(C)s2)c1. The molecule has 1 aromatic heterocycles. The fraction of sp³-hybridized carbons (Fsp3) is 0.308. The van der Waals surface area contributed by atoms with Gasteiger partial charge in [0.05, 0.1) is 9.88 Å². The summed E-state index contributed by atoms with van der Waals surface area (Å²) in [6.07, 6.45) is 1.20. The summed E-state index contributed by atoms with van der Waals surface area (Å²) in [4.78, 5) is 5.07. The normalized spacial score (nSPS) is 12.8. The molecular formula is C13H15NOS. The van der Waals surface area contributed by atoms with E-state index in [0.29, 0.717) is 0 Å². The van der Waals surface area contributed by atoms with Crippen LogP contribution < -0.4 is 0 Å². The molecule has 0 aliphatic heterocycles. The minimum Gasteiger partial charge on any atom is -0.383 e. The summed E-state index contributed by atoms with van der Waals surface area (Å²) in [6, 6.07) is 6.15. The first kappa shape index (κ1) is 11.3. The van der Waals surface area contributed by atoms with Crippen molar-refractivity contribution in [1.82, 2.24) is 4.98 Å². The van der Waals surface area contributed by atoms with Crippen LogP contribution in [0.4, 0.5) is 0 Å². The van der Waals surface area contributed by atoms with E-state index in [-0.39, 0.29) is 0 Å². The first-order chi connectivity index (χ1) is 7.56. The van der Waals surface area contributed by atoms with E-state index in [1.54, 1.807) is 17.5 Å². The van der Waals surface area contributed by atoms with Gasteiger partial charge in [-0.1, -0.05) is 29.3 Å². The number of hydrogen-bond donors (Lipinski definition) is 1. The highest BCUT2D eigenvalue weighted by Gasteiger charge is 2.13. The predicted molar refractivity (Wildman–Crippen MR) is 66.8 cm³/mol. The highest BCUT2D eigenvalue weighted by atomic mass is 32.1. The number of hydrogen-bond acceptors (Lipinski definition) is 3. The molecule has 1 aromatic carbocycles. The Bertz CT molecular complexity index is 484. The summed E-state index contributed by atoms with van der Waals surface area (Å²) in [7, 11) is 0. The van der Waals surface area contributed by atoms with Crippen LogP contribution in [0.2, 0.25) is 0 Å². The van der Waals surface area contributed by atoms with Gasteiger partial charge in [0.2, 0.25) is 0 Å². The van der Waals surface area contributed by atoms with Crippen molar-refractivity contribution in [1.29, 1.82) is 0 Å². The molecule has 3 heteroatoms. The van der Waals surface area contributed by atoms with Gasteiger partial charge in [-0.2, -0.15) is 0 Å². The van der Waals surface area contributed by atoms with Gasteiger partial charge in [-0.05, 0) is 26.3 Å². The minimum absolute atomic E-state index is 0.551. The smallest absolute Gasteiger partial charge is 0.115 e. The second kappa shape index (κ2) is 4.36. The van der Waals surface area contributed by atoms with Crippen molar-refractivity contribution in [2.75, 3.05) is 0 Å². The van der Waals surface area contributed by atoms with E-state index in [2.05, 4.69) is 11.1 Å². The summed E-state index contributed by atoms with van der Waals surface area (Å²) >= 11 is 1.54. The van der Waals surface area contributed by atoms with E-state index < -0.39 is 6.10 Å². The maximum Gasteiger partial charge on any atom is 0.115 e. The van der Waals surface area contributed by atoms with Crippen LogP contribution in [0.15, 0.2) is 24.4 Å². The number of thiazole rings is 1. The summed E-state index contributed by atoms with van der Waals surface area (Å²) in [5, 5.41) is 11.2. The first-order valence-corrected chi connectivity index (χ1v) is 6.06. The third-order valence-corrected chi connectivity index (χ3v) is 3.43. The van der Waals surface area contributed by atoms with Crippen molar-refractivity contribution in [3.8, 4) is 0 Å². The molecule has 0 saturated carbocycles. The number of rotatable bonds is 2. The maximum absolute atomic E-state index is 10.2. The van der Waals surface area contributed by atoms with E-state index >= 15 is 0 Å². The molecule has 1 N–H and O–H groups in total. The average Bonchev–Trinajstić information content (AvgIpc) is 2.62. The van der Waals surface area contributed by atoms with E-state index in [4.69, 9.17) is 0 Å². The Kier molecular flexibility index (Phi) is 3.08. The van der Waals surface area contributed by atoms with Gasteiger partial charge in [0, 0.05) is 6.20 Å². The Balaban J connectivity index is 2.37. The second-order valence-corrected chi connectivity index (χ2v) is 5.37. The molecule has 1 unspecified atom stereocenters. The fourth-order valence-corrected chi connectivity index (χ4v) is 2.64. The summed E-state index contributed by atoms with van der Waals surface area (Å²) < 4.78 is 0. The standard InChI is InChI=1S/C13H15NOS/c1-8-4-9(2)6-11(5-8)13(15)12-7-14-10(3)16-12/h4-7,13,15H,1-3H3. The van der Waals surface area contributed by atoms with E-state index in [9.17, 15) is 5.11 Å². The average molecular weight is 233 g/mol. The highest BCUT2D eigenvalue weighted by molar-refractivity contribution is 7.11. The summed E-state index contributed by atoms with van der Waals surface area (Å²) in [5.74, 6) is 0. The number of aliphatic hydroxyl groups is 1. The molecular weight excluding hydrogens is 218 g/mol. The second-order valence-electron chi connectivity index (χ2n) is 4.11. The minimum atomic E-state index is -0.551. The van der Waals surface area contributed by atoms with Crippen LogP contribution in [-0.4, -0.2) is 10.1 Å². The third-order valence-electron chi connectivity index (χ3n) is 2.47. The summed E-state index contributed by atoms with van der Waals surface area (Å²) in [6.45, 7) is 6.03. The van der Waals surface area contributed by atoms with Gasteiger partial charge >= 0.3 is 0 Å². The molecule has 2 nitrogen and oxygen atoms in total. The lowest BCUT2D eigenvalue weighted by Crippen LogP contribution is -1.98. The molecule has 0 spiro atoms. The van der Waals surface area contributed by atoms with Gasteiger partial charge in [0.1, 0.15) is 6.10 Å². The van der Waals surface area contributed by atoms with Crippen LogP contribution >= 0.6 is 11.3 Å². The van der Waals surface area contributed by atoms with E-state index in [1.165, 1.54) is 11.1 Å². The molecule has 84 valence electrons. The van der Waals surface area contributed by atoms with Crippen molar-refractivity contribution in [3.05, 3.63) is 51.0 Å². The number of benzene rings is 1. The quantitative estimate of drug-likeness (QED) is 0.864. The van der Waals surface area contributed by atoms with Crippen LogP contribution in [0.5, 0.6) is 0 Å². The molecule has 0 fully saturated rings. The highest BCUT2D eigenvalue weighted by Crippen LogP contribution is 2.27. The monoisotopic (exact) mass is 233 g/mol. The molecule has 0 bridgehead atoms. The van der Waals surface area contributed by atoms with Crippen LogP contribution in [-0.2, 0) is 0 Å². The molecule has 0 saturated heterocycles. The molecule has 1 heterocycles. The van der Waals surface area contributed by atoms with Gasteiger partial charge in [-0.3, -0.25) is 0 Å². The number of nitrogens with zero attached hydrogens (tertiary/aromatic N) is 1. The lowest BCUT2D eigenvalue weighted by atomic mass is 10.0. The number of aromatic nitrogens is 1. The topological polar surface area (TPSA) is 33.1 Å². The zero-order valence-electron chi connectivity index (χ0n) is 9.69. The van der Waals surface area contributed by atoms with Gasteiger partial charge in [-0.25, -0.2) is 4.98 Å². The van der Waals surface area contributed by atoms with Gasteiger partial charge in [0.25, 0.3) is 0 Å². The van der Waals surface area contributed by atoms with Crippen LogP contribution in [0.25, 0.3) is 0 Å². The molecule has 0 aliphatic carbocycles. The Morgan fingerprint density at radius 2 is 1.75 bits per heavy atom.